The molecule has 226 valence electrons. The van der Waals surface area contributed by atoms with Gasteiger partial charge in [0.05, 0.1) is 31.6 Å². The van der Waals surface area contributed by atoms with Gasteiger partial charge in [-0.2, -0.15) is 13.2 Å². The Morgan fingerprint density at radius 2 is 1.76 bits per heavy atom. The number of hydrogen-bond acceptors (Lipinski definition) is 7. The number of benzene rings is 2. The van der Waals surface area contributed by atoms with Crippen LogP contribution in [0.2, 0.25) is 0 Å². The third-order valence-electron chi connectivity index (χ3n) is 6.94. The minimum atomic E-state index is -4.44. The van der Waals surface area contributed by atoms with E-state index in [2.05, 4.69) is 6.58 Å². The Bertz CT molecular complexity index is 1320. The first-order valence-corrected chi connectivity index (χ1v) is 13.7. The van der Waals surface area contributed by atoms with E-state index >= 15 is 0 Å². The number of halogens is 3. The van der Waals surface area contributed by atoms with Crippen LogP contribution >= 0.6 is 0 Å². The van der Waals surface area contributed by atoms with Crippen LogP contribution in [0.3, 0.4) is 0 Å². The van der Waals surface area contributed by atoms with E-state index in [9.17, 15) is 23.4 Å². The summed E-state index contributed by atoms with van der Waals surface area (Å²) in [5.74, 6) is 0.774. The van der Waals surface area contributed by atoms with Gasteiger partial charge in [-0.15, -0.1) is 6.58 Å². The zero-order valence-corrected chi connectivity index (χ0v) is 23.8. The van der Waals surface area contributed by atoms with Crippen LogP contribution in [0.5, 0.6) is 11.5 Å². The summed E-state index contributed by atoms with van der Waals surface area (Å²) in [7, 11) is 1.59. The zero-order valence-electron chi connectivity index (χ0n) is 23.8. The van der Waals surface area contributed by atoms with Gasteiger partial charge in [0.25, 0.3) is 0 Å². The number of hydrogen-bond donors (Lipinski definition) is 2. The standard InChI is InChI=1S/C32H36F3NO6/c1-5-24-27(38)16-29(41-28(24)17-37)42-31-25(15-20-6-10-22(39-4)11-7-20)30(26(36-31)14-19(2)3)21-8-12-23(13-9-21)40-18-32(33,34)35/h5-14,19,24,27-29,37-38H,1,15-18H2,2-4H3/b26-14-/t24-,27+,28+,29-/m0/s1. The predicted molar refractivity (Wildman–Crippen MR) is 153 cm³/mol. The van der Waals surface area contributed by atoms with Crippen molar-refractivity contribution >= 4 is 11.5 Å². The van der Waals surface area contributed by atoms with Gasteiger partial charge in [-0.25, -0.2) is 4.99 Å². The lowest BCUT2D eigenvalue weighted by Gasteiger charge is -2.37. The van der Waals surface area contributed by atoms with E-state index in [4.69, 9.17) is 23.9 Å². The highest BCUT2D eigenvalue weighted by Gasteiger charge is 2.39. The fourth-order valence-electron chi connectivity index (χ4n) is 4.96. The number of allylic oxidation sites excluding steroid dienone is 2. The van der Waals surface area contributed by atoms with Crippen molar-refractivity contribution in [2.75, 3.05) is 20.3 Å². The second-order valence-electron chi connectivity index (χ2n) is 10.5. The van der Waals surface area contributed by atoms with Gasteiger partial charge in [0.2, 0.25) is 12.2 Å². The van der Waals surface area contributed by atoms with Crippen LogP contribution in [-0.2, 0) is 15.9 Å². The number of ether oxygens (including phenoxy) is 4. The Labute approximate surface area is 243 Å². The maximum absolute atomic E-state index is 12.7. The molecule has 2 aliphatic rings. The zero-order chi connectivity index (χ0) is 30.4. The average molecular weight is 588 g/mol. The number of aliphatic hydroxyl groups excluding tert-OH is 2. The smallest absolute Gasteiger partial charge is 0.422 e. The second kappa shape index (κ2) is 13.6. The van der Waals surface area contributed by atoms with Crippen molar-refractivity contribution in [3.63, 3.8) is 0 Å². The molecule has 2 aliphatic heterocycles. The maximum atomic E-state index is 12.7. The van der Waals surface area contributed by atoms with Crippen molar-refractivity contribution in [1.82, 2.24) is 0 Å². The quantitative estimate of drug-likeness (QED) is 0.338. The van der Waals surface area contributed by atoms with Gasteiger partial charge < -0.3 is 29.2 Å². The van der Waals surface area contributed by atoms with Gasteiger partial charge in [-0.3, -0.25) is 0 Å². The van der Waals surface area contributed by atoms with Gasteiger partial charge in [-0.05, 0) is 41.3 Å². The van der Waals surface area contributed by atoms with Gasteiger partial charge in [0.1, 0.15) is 11.5 Å². The van der Waals surface area contributed by atoms with Gasteiger partial charge in [0, 0.05) is 29.9 Å². The number of aliphatic imine (C=N–C) groups is 1. The normalized spacial score (nSPS) is 23.7. The predicted octanol–water partition coefficient (Wildman–Crippen LogP) is 5.87. The summed E-state index contributed by atoms with van der Waals surface area (Å²) >= 11 is 0. The van der Waals surface area contributed by atoms with Gasteiger partial charge >= 0.3 is 6.18 Å². The number of alkyl halides is 3. The highest BCUT2D eigenvalue weighted by molar-refractivity contribution is 6.10. The molecule has 0 bridgehead atoms. The van der Waals surface area contributed by atoms with Crippen molar-refractivity contribution in [2.24, 2.45) is 16.8 Å². The number of nitrogens with zero attached hydrogens (tertiary/aromatic N) is 1. The van der Waals surface area contributed by atoms with E-state index < -0.39 is 37.2 Å². The molecule has 0 spiro atoms. The minimum absolute atomic E-state index is 0.0922. The molecule has 0 aromatic heterocycles. The van der Waals surface area contributed by atoms with E-state index in [1.165, 1.54) is 12.1 Å². The molecule has 42 heavy (non-hydrogen) atoms. The first-order chi connectivity index (χ1) is 20.0. The molecular weight excluding hydrogens is 551 g/mol. The topological polar surface area (TPSA) is 89.7 Å². The molecule has 0 amide bonds. The van der Waals surface area contributed by atoms with Crippen LogP contribution < -0.4 is 9.47 Å². The Morgan fingerprint density at radius 1 is 1.10 bits per heavy atom. The fourth-order valence-corrected chi connectivity index (χ4v) is 4.96. The number of methoxy groups -OCH3 is 1. The molecule has 0 aliphatic carbocycles. The largest absolute Gasteiger partial charge is 0.497 e. The van der Waals surface area contributed by atoms with Crippen molar-refractivity contribution in [1.29, 1.82) is 0 Å². The first kappa shape index (κ1) is 31.3. The summed E-state index contributed by atoms with van der Waals surface area (Å²) < 4.78 is 60.5. The monoisotopic (exact) mass is 587 g/mol. The molecule has 10 heteroatoms. The molecule has 4 rings (SSSR count). The Kier molecular flexibility index (Phi) is 10.1. The maximum Gasteiger partial charge on any atom is 0.422 e. The summed E-state index contributed by atoms with van der Waals surface area (Å²) in [5.41, 5.74) is 3.81. The van der Waals surface area contributed by atoms with Crippen molar-refractivity contribution < 1.29 is 42.3 Å². The molecule has 2 N–H and O–H groups in total. The summed E-state index contributed by atoms with van der Waals surface area (Å²) in [4.78, 5) is 4.83. The summed E-state index contributed by atoms with van der Waals surface area (Å²) in [6.45, 7) is 6.06. The second-order valence-corrected chi connectivity index (χ2v) is 10.5. The molecule has 0 unspecified atom stereocenters. The molecule has 2 aromatic carbocycles. The highest BCUT2D eigenvalue weighted by Crippen LogP contribution is 2.39. The average Bonchev–Trinajstić information content (AvgIpc) is 3.26. The highest BCUT2D eigenvalue weighted by atomic mass is 19.4. The van der Waals surface area contributed by atoms with Crippen LogP contribution in [0.25, 0.3) is 5.57 Å². The molecular formula is C32H36F3NO6. The minimum Gasteiger partial charge on any atom is -0.497 e. The van der Waals surface area contributed by atoms with E-state index in [1.54, 1.807) is 25.3 Å². The molecule has 1 saturated heterocycles. The lowest BCUT2D eigenvalue weighted by Crippen LogP contribution is -2.46. The van der Waals surface area contributed by atoms with Crippen LogP contribution in [0.1, 0.15) is 31.4 Å². The van der Waals surface area contributed by atoms with Crippen molar-refractivity contribution in [3.05, 3.63) is 89.7 Å². The number of rotatable bonds is 10. The third kappa shape index (κ3) is 7.81. The molecule has 1 fully saturated rings. The summed E-state index contributed by atoms with van der Waals surface area (Å²) in [6, 6.07) is 13.9. The van der Waals surface area contributed by atoms with Crippen LogP contribution in [-0.4, -0.2) is 61.1 Å². The molecule has 0 saturated carbocycles. The summed E-state index contributed by atoms with van der Waals surface area (Å²) in [6.07, 6.45) is -2.75. The first-order valence-electron chi connectivity index (χ1n) is 13.7. The van der Waals surface area contributed by atoms with Gasteiger partial charge in [0.15, 0.2) is 6.61 Å². The van der Waals surface area contributed by atoms with E-state index in [-0.39, 0.29) is 24.7 Å². The van der Waals surface area contributed by atoms with Crippen molar-refractivity contribution in [2.45, 2.75) is 51.4 Å². The summed E-state index contributed by atoms with van der Waals surface area (Å²) in [5, 5.41) is 20.5. The Morgan fingerprint density at radius 3 is 2.33 bits per heavy atom. The van der Waals surface area contributed by atoms with Crippen molar-refractivity contribution in [3.8, 4) is 11.5 Å². The fraction of sp³-hybridized carbons (Fsp3) is 0.406. The SMILES string of the molecule is C=C[C@H]1[C@H](O)C[C@H](OC2=N/C(=C\C(C)C)C(c3ccc(OCC(F)(F)F)cc3)=C2Cc2ccc(OC)cc2)O[C@@H]1CO. The molecule has 2 aromatic rings. The van der Waals surface area contributed by atoms with Crippen LogP contribution in [0.15, 0.2) is 83.5 Å². The molecule has 4 atom stereocenters. The lowest BCUT2D eigenvalue weighted by atomic mass is 9.91. The van der Waals surface area contributed by atoms with Gasteiger partial charge in [-0.1, -0.05) is 50.3 Å². The van der Waals surface area contributed by atoms with E-state index in [1.807, 2.05) is 44.2 Å². The third-order valence-corrected chi connectivity index (χ3v) is 6.94. The van der Waals surface area contributed by atoms with Crippen LogP contribution in [0.4, 0.5) is 13.2 Å². The molecule has 7 nitrogen and oxygen atoms in total. The van der Waals surface area contributed by atoms with Crippen LogP contribution in [0, 0.1) is 11.8 Å². The number of aliphatic hydroxyl groups is 2. The lowest BCUT2D eigenvalue weighted by molar-refractivity contribution is -0.206. The Hall–Kier alpha value is -3.60. The molecule has 2 heterocycles. The van der Waals surface area contributed by atoms with E-state index in [0.29, 0.717) is 23.8 Å². The Balaban J connectivity index is 1.73. The molecule has 0 radical (unpaired) electrons. The van der Waals surface area contributed by atoms with E-state index in [0.717, 1.165) is 22.3 Å².